The number of rotatable bonds is 4. The van der Waals surface area contributed by atoms with Crippen LogP contribution in [0.15, 0.2) is 4.42 Å². The summed E-state index contributed by atoms with van der Waals surface area (Å²) in [5.41, 5.74) is 51.1. The maximum Gasteiger partial charge on any atom is 0.143 e. The molecule has 0 saturated heterocycles. The van der Waals surface area contributed by atoms with Crippen LogP contribution in [0.3, 0.4) is 0 Å². The van der Waals surface area contributed by atoms with Crippen molar-refractivity contribution < 1.29 is 4.42 Å². The summed E-state index contributed by atoms with van der Waals surface area (Å²) in [5, 5.41) is 8.05. The third-order valence-electron chi connectivity index (χ3n) is 21.0. The summed E-state index contributed by atoms with van der Waals surface area (Å²) in [5.74, 6) is 0. The maximum atomic E-state index is 7.28. The van der Waals surface area contributed by atoms with Gasteiger partial charge in [-0.2, -0.15) is 0 Å². The molecule has 1 nitrogen and oxygen atoms in total. The third kappa shape index (κ3) is 7.09. The zero-order chi connectivity index (χ0) is 54.1. The van der Waals surface area contributed by atoms with E-state index in [0.29, 0.717) is 0 Å². The molecular formula is C44H56B28O. The van der Waals surface area contributed by atoms with Crippen molar-refractivity contribution in [3.63, 3.8) is 0 Å². The zero-order valence-electron chi connectivity index (χ0n) is 50.4. The van der Waals surface area contributed by atoms with E-state index < -0.39 is 0 Å². The topological polar surface area (TPSA) is 13.1 Å². The summed E-state index contributed by atoms with van der Waals surface area (Å²) in [7, 11) is 66.4. The predicted molar refractivity (Wildman–Crippen MR) is 419 cm³/mol. The number of hydrogen-bond donors (Lipinski definition) is 0. The zero-order valence-corrected chi connectivity index (χ0v) is 50.4. The minimum Gasteiger partial charge on any atom is -0.457 e. The summed E-state index contributed by atoms with van der Waals surface area (Å²) < 4.78 is 7.28. The molecule has 0 spiro atoms. The lowest BCUT2D eigenvalue weighted by atomic mass is 9.54. The Balaban J connectivity index is 1.70. The first-order valence-electron chi connectivity index (χ1n) is 27.2. The van der Waals surface area contributed by atoms with Crippen LogP contribution in [0.4, 0.5) is 0 Å². The Kier molecular flexibility index (Phi) is 13.5. The molecule has 1 heterocycles. The van der Waals surface area contributed by atoms with Crippen molar-refractivity contribution in [1.29, 1.82) is 0 Å². The summed E-state index contributed by atoms with van der Waals surface area (Å²) in [6.45, 7) is 0. The highest BCUT2D eigenvalue weighted by Crippen LogP contribution is 2.43. The van der Waals surface area contributed by atoms with Gasteiger partial charge in [0.1, 0.15) is 231 Å². The highest BCUT2D eigenvalue weighted by molar-refractivity contribution is 6.77. The first kappa shape index (κ1) is 53.7. The van der Waals surface area contributed by atoms with E-state index >= 15 is 0 Å². The molecule has 73 heavy (non-hydrogen) atoms. The third-order valence-corrected chi connectivity index (χ3v) is 21.0. The molecule has 0 N–H and O–H groups in total. The smallest absolute Gasteiger partial charge is 0.143 e. The quantitative estimate of drug-likeness (QED) is 0.127. The van der Waals surface area contributed by atoms with E-state index in [1.54, 1.807) is 0 Å². The number of furan rings is 1. The number of fused-ring (bicyclic) bond motifs is 5. The van der Waals surface area contributed by atoms with Gasteiger partial charge in [-0.05, 0) is 66.1 Å². The van der Waals surface area contributed by atoms with Gasteiger partial charge in [0, 0.05) is 10.8 Å². The molecule has 322 valence electrons. The minimum atomic E-state index is 1.02. The van der Waals surface area contributed by atoms with Crippen molar-refractivity contribution in [2.24, 2.45) is 0 Å². The highest BCUT2D eigenvalue weighted by Gasteiger charge is 2.33. The van der Waals surface area contributed by atoms with Gasteiger partial charge in [0.2, 0.25) is 0 Å². The van der Waals surface area contributed by atoms with E-state index in [1.807, 2.05) is 0 Å². The van der Waals surface area contributed by atoms with Crippen molar-refractivity contribution in [2.45, 2.75) is 0 Å². The van der Waals surface area contributed by atoms with Crippen molar-refractivity contribution in [1.82, 2.24) is 0 Å². The Morgan fingerprint density at radius 2 is 0.301 bits per heavy atom. The van der Waals surface area contributed by atoms with E-state index in [4.69, 9.17) is 4.42 Å². The Morgan fingerprint density at radius 3 is 0.616 bits per heavy atom. The van der Waals surface area contributed by atoms with Crippen LogP contribution < -0.4 is 153 Å². The Hall–Kier alpha value is -4.10. The van der Waals surface area contributed by atoms with E-state index in [9.17, 15) is 0 Å². The fraction of sp³-hybridized carbons (Fsp3) is 0. The normalized spacial score (nSPS) is 11.7. The standard InChI is InChI=1S/C44H56B28O/c45-15-9(16(46)11(13-25(55)34(64)39(69)35(65)26(13)56)17(47)10(15)12-23(53)32(62)38(68)33(63)24(12)54)2-5-3(18(48)28(58)30(60)20(5)50)1(4-6(2)21(51)31(61)29(59)19(4)49)7-8-14-27(57)36(66)40(70)42(72)44(14)73-43(8)41(71)37(67)22(7)52/h45-72H2. The van der Waals surface area contributed by atoms with Crippen LogP contribution in [0.1, 0.15) is 0 Å². The lowest BCUT2D eigenvalue weighted by molar-refractivity contribution is 0.675. The number of benzene rings is 8. The fourth-order valence-electron chi connectivity index (χ4n) is 14.3. The number of hydrogen-bond acceptors (Lipinski definition) is 1. The molecule has 0 aliphatic heterocycles. The van der Waals surface area contributed by atoms with Crippen LogP contribution in [0, 0.1) is 0 Å². The molecule has 8 aromatic carbocycles. The Bertz CT molecular complexity index is 3880. The molecule has 0 aliphatic rings. The second-order valence-electron chi connectivity index (χ2n) is 23.5. The lowest BCUT2D eigenvalue weighted by Crippen LogP contribution is -2.57. The van der Waals surface area contributed by atoms with E-state index in [0.717, 1.165) is 11.2 Å². The summed E-state index contributed by atoms with van der Waals surface area (Å²) in [6.07, 6.45) is 0. The SMILES string of the molecule is Bc1c(B)c(B)c(-c2c(B)c(-c3c(B)c(B)c(B)c(B)c3B)c(B)c(-c3c4c(B)c(B)c(B)c(B)c4c(-c4c(B)c(B)c(B)c5oc6c(B)c(B)c(B)c(B)c6c45)c4c(B)c(B)c(B)c(B)c34)c2B)c(B)c1B. The largest absolute Gasteiger partial charge is 0.457 e. The van der Waals surface area contributed by atoms with Crippen LogP contribution in [0.2, 0.25) is 0 Å². The second-order valence-corrected chi connectivity index (χ2v) is 23.5. The summed E-state index contributed by atoms with van der Waals surface area (Å²) in [6, 6.07) is 0. The first-order valence-corrected chi connectivity index (χ1v) is 27.2. The van der Waals surface area contributed by atoms with Crippen LogP contribution in [-0.4, -0.2) is 220 Å². The van der Waals surface area contributed by atoms with Crippen molar-refractivity contribution in [3.8, 4) is 44.5 Å². The molecule has 0 saturated carbocycles. The fourth-order valence-corrected chi connectivity index (χ4v) is 14.3. The van der Waals surface area contributed by atoms with Gasteiger partial charge in [-0.25, -0.2) is 0 Å². The molecule has 0 atom stereocenters. The van der Waals surface area contributed by atoms with E-state index in [1.165, 1.54) is 230 Å². The van der Waals surface area contributed by atoms with Crippen molar-refractivity contribution in [3.05, 3.63) is 0 Å². The molecule has 0 fully saturated rings. The van der Waals surface area contributed by atoms with Crippen LogP contribution in [-0.2, 0) is 0 Å². The molecular weight excluding hydrogens is 847 g/mol. The van der Waals surface area contributed by atoms with Gasteiger partial charge in [-0.15, -0.1) is 60.1 Å². The molecule has 0 unspecified atom stereocenters. The lowest BCUT2D eigenvalue weighted by Gasteiger charge is -2.33. The van der Waals surface area contributed by atoms with Gasteiger partial charge in [0.25, 0.3) is 0 Å². The molecule has 0 amide bonds. The van der Waals surface area contributed by atoms with Crippen molar-refractivity contribution >= 4 is 416 Å². The average molecular weight is 904 g/mol. The molecule has 0 radical (unpaired) electrons. The summed E-state index contributed by atoms with van der Waals surface area (Å²) >= 11 is 0. The monoisotopic (exact) mass is 909 g/mol. The van der Waals surface area contributed by atoms with Gasteiger partial charge in [0.05, 0.1) is 0 Å². The van der Waals surface area contributed by atoms with Crippen molar-refractivity contribution in [2.75, 3.05) is 0 Å². The molecule has 9 aromatic rings. The molecule has 0 aliphatic carbocycles. The van der Waals surface area contributed by atoms with Crippen LogP contribution in [0.25, 0.3) is 88.0 Å². The minimum absolute atomic E-state index is 1.02. The van der Waals surface area contributed by atoms with E-state index in [2.05, 4.69) is 220 Å². The Morgan fingerprint density at radius 1 is 0.123 bits per heavy atom. The predicted octanol–water partition coefficient (Wildman–Crippen LogP) is -36.2. The van der Waals surface area contributed by atoms with E-state index in [-0.39, 0.29) is 0 Å². The highest BCUT2D eigenvalue weighted by atomic mass is 16.3. The van der Waals surface area contributed by atoms with Gasteiger partial charge in [0.15, 0.2) is 0 Å². The molecule has 1 aromatic heterocycles. The first-order chi connectivity index (χ1) is 34.0. The molecule has 9 rings (SSSR count). The second kappa shape index (κ2) is 18.3. The van der Waals surface area contributed by atoms with Gasteiger partial charge in [-0.1, -0.05) is 92.9 Å². The van der Waals surface area contributed by atoms with Crippen LogP contribution in [0.5, 0.6) is 0 Å². The molecule has 0 bridgehead atoms. The average Bonchev–Trinajstić information content (AvgIpc) is 3.76. The van der Waals surface area contributed by atoms with Gasteiger partial charge in [-0.3, -0.25) is 0 Å². The molecule has 29 heteroatoms. The van der Waals surface area contributed by atoms with Gasteiger partial charge >= 0.3 is 0 Å². The summed E-state index contributed by atoms with van der Waals surface area (Å²) in [4.78, 5) is 0. The maximum absolute atomic E-state index is 7.28. The van der Waals surface area contributed by atoms with Crippen LogP contribution >= 0.6 is 0 Å². The Labute approximate surface area is 461 Å². The van der Waals surface area contributed by atoms with Gasteiger partial charge < -0.3 is 4.42 Å².